The number of hydrogen-bond acceptors (Lipinski definition) is 5. The number of nitrogens with one attached hydrogen (secondary N) is 1. The Kier molecular flexibility index (Phi) is 6.31. The van der Waals surface area contributed by atoms with Gasteiger partial charge in [-0.25, -0.2) is 9.37 Å². The highest BCUT2D eigenvalue weighted by Crippen LogP contribution is 2.19. The zero-order chi connectivity index (χ0) is 25.9. The van der Waals surface area contributed by atoms with Crippen LogP contribution in [0.3, 0.4) is 0 Å². The van der Waals surface area contributed by atoms with E-state index in [-0.39, 0.29) is 29.4 Å². The monoisotopic (exact) mass is 492 g/mol. The van der Waals surface area contributed by atoms with E-state index in [1.165, 1.54) is 33.7 Å². The van der Waals surface area contributed by atoms with Crippen LogP contribution in [-0.2, 0) is 13.0 Å². The first kappa shape index (κ1) is 23.6. The molecule has 0 aliphatic carbocycles. The molecule has 0 saturated heterocycles. The molecule has 8 nitrogen and oxygen atoms in total. The highest BCUT2D eigenvalue weighted by atomic mass is 19.1. The molecule has 0 radical (unpaired) electrons. The molecular formula is C28H21FN6O2. The number of halogens is 1. The minimum absolute atomic E-state index is 0.0517. The number of nitrogens with zero attached hydrogens (tertiary/aromatic N) is 5. The number of amides is 1. The molecule has 37 heavy (non-hydrogen) atoms. The van der Waals surface area contributed by atoms with Crippen molar-refractivity contribution in [1.29, 1.82) is 5.26 Å². The van der Waals surface area contributed by atoms with E-state index in [1.54, 1.807) is 31.2 Å². The maximum absolute atomic E-state index is 13.5. The van der Waals surface area contributed by atoms with Crippen LogP contribution in [-0.4, -0.2) is 25.5 Å². The van der Waals surface area contributed by atoms with E-state index in [1.807, 2.05) is 30.3 Å². The molecule has 182 valence electrons. The fourth-order valence-electron chi connectivity index (χ4n) is 4.08. The number of anilines is 1. The normalized spacial score (nSPS) is 10.8. The molecule has 0 fully saturated rings. The van der Waals surface area contributed by atoms with Crippen molar-refractivity contribution < 1.29 is 9.18 Å². The molecule has 0 unspecified atom stereocenters. The second-order valence-corrected chi connectivity index (χ2v) is 8.54. The summed E-state index contributed by atoms with van der Waals surface area (Å²) in [7, 11) is 0. The van der Waals surface area contributed by atoms with Gasteiger partial charge in [-0.3, -0.25) is 19.6 Å². The van der Waals surface area contributed by atoms with Gasteiger partial charge in [0, 0.05) is 17.5 Å². The number of nitriles is 1. The predicted molar refractivity (Wildman–Crippen MR) is 136 cm³/mol. The summed E-state index contributed by atoms with van der Waals surface area (Å²) in [6.45, 7) is 1.80. The minimum Gasteiger partial charge on any atom is -0.272 e. The van der Waals surface area contributed by atoms with Gasteiger partial charge < -0.3 is 0 Å². The molecule has 2 heterocycles. The number of carbonyl (C=O) groups is 1. The molecule has 5 rings (SSSR count). The number of fused-ring (bicyclic) bond motifs is 1. The van der Waals surface area contributed by atoms with Crippen molar-refractivity contribution in [2.75, 3.05) is 4.90 Å². The lowest BCUT2D eigenvalue weighted by Crippen LogP contribution is -2.31. The van der Waals surface area contributed by atoms with Gasteiger partial charge >= 0.3 is 0 Å². The van der Waals surface area contributed by atoms with E-state index >= 15 is 0 Å². The van der Waals surface area contributed by atoms with Gasteiger partial charge in [-0.15, -0.1) is 0 Å². The van der Waals surface area contributed by atoms with Crippen LogP contribution in [0.1, 0.15) is 38.3 Å². The Morgan fingerprint density at radius 2 is 1.76 bits per heavy atom. The zero-order valence-corrected chi connectivity index (χ0v) is 19.9. The van der Waals surface area contributed by atoms with Crippen molar-refractivity contribution in [3.05, 3.63) is 129 Å². The second-order valence-electron chi connectivity index (χ2n) is 8.54. The predicted octanol–water partition coefficient (Wildman–Crippen LogP) is 4.17. The van der Waals surface area contributed by atoms with Crippen molar-refractivity contribution in [2.45, 2.75) is 19.9 Å². The van der Waals surface area contributed by atoms with Gasteiger partial charge in [0.15, 0.2) is 0 Å². The van der Waals surface area contributed by atoms with Crippen LogP contribution >= 0.6 is 0 Å². The Morgan fingerprint density at radius 3 is 2.49 bits per heavy atom. The molecule has 0 spiro atoms. The molecule has 0 saturated carbocycles. The molecule has 0 atom stereocenters. The Balaban J connectivity index is 1.59. The van der Waals surface area contributed by atoms with Gasteiger partial charge in [-0.05, 0) is 54.4 Å². The van der Waals surface area contributed by atoms with Crippen molar-refractivity contribution in [3.8, 4) is 6.07 Å². The molecule has 0 bridgehead atoms. The van der Waals surface area contributed by atoms with Gasteiger partial charge in [0.2, 0.25) is 5.95 Å². The van der Waals surface area contributed by atoms with E-state index < -0.39 is 11.7 Å². The zero-order valence-electron chi connectivity index (χ0n) is 19.9. The molecule has 0 aliphatic rings. The lowest BCUT2D eigenvalue weighted by molar-refractivity contribution is 0.0983. The lowest BCUT2D eigenvalue weighted by Gasteiger charge is -2.20. The molecule has 2 aromatic heterocycles. The van der Waals surface area contributed by atoms with Crippen LogP contribution in [0, 0.1) is 24.1 Å². The number of aromatic amines is 1. The summed E-state index contributed by atoms with van der Waals surface area (Å²) in [6, 6.07) is 23.7. The first-order chi connectivity index (χ1) is 17.9. The van der Waals surface area contributed by atoms with Crippen LogP contribution < -0.4 is 10.5 Å². The maximum atomic E-state index is 13.5. The Bertz CT molecular complexity index is 1700. The topological polar surface area (TPSA) is 107 Å². The Hall–Kier alpha value is -5.10. The molecule has 9 heteroatoms. The maximum Gasteiger partial charge on any atom is 0.277 e. The fraction of sp³-hybridized carbons (Fsp3) is 0.107. The van der Waals surface area contributed by atoms with Crippen molar-refractivity contribution in [2.24, 2.45) is 0 Å². The highest BCUT2D eigenvalue weighted by Gasteiger charge is 2.23. The summed E-state index contributed by atoms with van der Waals surface area (Å²) in [5.74, 6) is -0.712. The fourth-order valence-corrected chi connectivity index (χ4v) is 4.08. The average molecular weight is 493 g/mol. The summed E-state index contributed by atoms with van der Waals surface area (Å²) in [5.41, 5.74) is 3.06. The smallest absolute Gasteiger partial charge is 0.272 e. The largest absolute Gasteiger partial charge is 0.277 e. The number of benzene rings is 3. The third-order valence-corrected chi connectivity index (χ3v) is 6.00. The molecule has 3 aromatic carbocycles. The highest BCUT2D eigenvalue weighted by molar-refractivity contribution is 6.05. The second kappa shape index (κ2) is 9.87. The van der Waals surface area contributed by atoms with E-state index in [9.17, 15) is 19.2 Å². The van der Waals surface area contributed by atoms with Crippen molar-refractivity contribution >= 4 is 17.6 Å². The van der Waals surface area contributed by atoms with Crippen molar-refractivity contribution in [3.63, 3.8) is 0 Å². The minimum atomic E-state index is -0.467. The van der Waals surface area contributed by atoms with E-state index in [0.717, 1.165) is 5.56 Å². The van der Waals surface area contributed by atoms with Crippen LogP contribution in [0.2, 0.25) is 0 Å². The van der Waals surface area contributed by atoms with Crippen LogP contribution in [0.15, 0.2) is 83.7 Å². The van der Waals surface area contributed by atoms with Gasteiger partial charge in [0.25, 0.3) is 17.2 Å². The molecule has 1 N–H and O–H groups in total. The molecule has 1 amide bonds. The third kappa shape index (κ3) is 4.86. The number of H-pyrrole nitrogens is 1. The number of rotatable bonds is 6. The van der Waals surface area contributed by atoms with Gasteiger partial charge in [0.05, 0.1) is 23.9 Å². The molecule has 5 aromatic rings. The van der Waals surface area contributed by atoms with Gasteiger partial charge in [0.1, 0.15) is 5.82 Å². The quantitative estimate of drug-likeness (QED) is 0.383. The third-order valence-electron chi connectivity index (χ3n) is 6.00. The van der Waals surface area contributed by atoms with E-state index in [2.05, 4.69) is 21.1 Å². The summed E-state index contributed by atoms with van der Waals surface area (Å²) < 4.78 is 14.7. The number of aromatic nitrogens is 4. The first-order valence-electron chi connectivity index (χ1n) is 11.5. The average Bonchev–Trinajstić information content (AvgIpc) is 3.34. The van der Waals surface area contributed by atoms with Crippen LogP contribution in [0.4, 0.5) is 10.3 Å². The van der Waals surface area contributed by atoms with E-state index in [0.29, 0.717) is 28.8 Å². The Labute approximate surface area is 211 Å². The van der Waals surface area contributed by atoms with Crippen LogP contribution in [0.5, 0.6) is 0 Å². The van der Waals surface area contributed by atoms with Crippen LogP contribution in [0.25, 0.3) is 5.78 Å². The lowest BCUT2D eigenvalue weighted by atomic mass is 10.1. The summed E-state index contributed by atoms with van der Waals surface area (Å²) in [4.78, 5) is 37.2. The van der Waals surface area contributed by atoms with E-state index in [4.69, 9.17) is 0 Å². The molecule has 0 aliphatic heterocycles. The Morgan fingerprint density at radius 1 is 1.03 bits per heavy atom. The first-order valence-corrected chi connectivity index (χ1v) is 11.5. The number of hydrogen-bond donors (Lipinski definition) is 1. The standard InChI is InChI=1S/C28H21FN6O2/c1-18-24(15-19-6-3-2-4-7-19)26(37)35-27(31-18)32-28(33-35)34(17-21-9-5-8-20(14-21)16-30)25(36)22-10-12-23(29)13-11-22/h2-14H,15,17H2,1H3,(H,31,32,33). The van der Waals surface area contributed by atoms with Crippen molar-refractivity contribution in [1.82, 2.24) is 19.6 Å². The SMILES string of the molecule is Cc1nc2nc(N(Cc3cccc(C#N)c3)C(=O)c3ccc(F)cc3)[nH]n2c(=O)c1Cc1ccccc1. The summed E-state index contributed by atoms with van der Waals surface area (Å²) in [5, 5.41) is 12.2. The molecular weight excluding hydrogens is 471 g/mol. The van der Waals surface area contributed by atoms with Gasteiger partial charge in [-0.2, -0.15) is 14.8 Å². The number of aryl methyl sites for hydroxylation is 1. The summed E-state index contributed by atoms with van der Waals surface area (Å²) in [6.07, 6.45) is 0.398. The van der Waals surface area contributed by atoms with Gasteiger partial charge in [-0.1, -0.05) is 42.5 Å². The summed E-state index contributed by atoms with van der Waals surface area (Å²) >= 11 is 0. The number of carbonyl (C=O) groups excluding carboxylic acids is 1.